The third-order valence-electron chi connectivity index (χ3n) is 2.89. The van der Waals surface area contributed by atoms with Gasteiger partial charge in [-0.25, -0.2) is 0 Å². The molecule has 0 spiro atoms. The first-order valence-corrected chi connectivity index (χ1v) is 7.37. The van der Waals surface area contributed by atoms with Gasteiger partial charge < -0.3 is 9.47 Å². The van der Waals surface area contributed by atoms with Crippen LogP contribution in [0.1, 0.15) is 20.8 Å². The molecule has 0 aliphatic heterocycles. The summed E-state index contributed by atoms with van der Waals surface area (Å²) in [5, 5.41) is 0. The van der Waals surface area contributed by atoms with Gasteiger partial charge in [0.15, 0.2) is 5.78 Å². The fourth-order valence-corrected chi connectivity index (χ4v) is 2.48. The first-order valence-electron chi connectivity index (χ1n) is 6.39. The molecule has 110 valence electrons. The number of rotatable bonds is 7. The van der Waals surface area contributed by atoms with Crippen molar-refractivity contribution in [2.24, 2.45) is 5.41 Å². The van der Waals surface area contributed by atoms with E-state index in [-0.39, 0.29) is 18.1 Å². The standard InChI is InChI=1S/C15H20O4S/c1-5-19-14(17)15(2,3)13(16)10-20-12-8-6-7-11(9-12)18-4/h6-9H,5,10H2,1-4H3. The molecule has 0 amide bonds. The number of benzene rings is 1. The molecular formula is C15H20O4S. The van der Waals surface area contributed by atoms with Crippen molar-refractivity contribution in [2.75, 3.05) is 19.5 Å². The Hall–Kier alpha value is -1.49. The third kappa shape index (κ3) is 4.27. The van der Waals surface area contributed by atoms with Crippen molar-refractivity contribution in [3.05, 3.63) is 24.3 Å². The molecule has 0 heterocycles. The van der Waals surface area contributed by atoms with Crippen LogP contribution >= 0.6 is 11.8 Å². The number of hydrogen-bond acceptors (Lipinski definition) is 5. The first kappa shape index (κ1) is 16.6. The Morgan fingerprint density at radius 3 is 2.60 bits per heavy atom. The van der Waals surface area contributed by atoms with Crippen LogP contribution in [0.5, 0.6) is 5.75 Å². The second-order valence-corrected chi connectivity index (χ2v) is 5.79. The fraction of sp³-hybridized carbons (Fsp3) is 0.467. The van der Waals surface area contributed by atoms with Crippen LogP contribution in [0.25, 0.3) is 0 Å². The van der Waals surface area contributed by atoms with Gasteiger partial charge in [-0.05, 0) is 39.0 Å². The van der Waals surface area contributed by atoms with E-state index in [0.29, 0.717) is 0 Å². The van der Waals surface area contributed by atoms with Crippen molar-refractivity contribution in [3.63, 3.8) is 0 Å². The summed E-state index contributed by atoms with van der Waals surface area (Å²) in [6, 6.07) is 7.46. The van der Waals surface area contributed by atoms with Gasteiger partial charge in [0.2, 0.25) is 0 Å². The Morgan fingerprint density at radius 2 is 2.00 bits per heavy atom. The minimum absolute atomic E-state index is 0.149. The zero-order chi connectivity index (χ0) is 15.2. The van der Waals surface area contributed by atoms with E-state index in [1.54, 1.807) is 27.9 Å². The predicted molar refractivity (Wildman–Crippen MR) is 79.1 cm³/mol. The molecule has 0 aromatic heterocycles. The smallest absolute Gasteiger partial charge is 0.319 e. The molecule has 20 heavy (non-hydrogen) atoms. The van der Waals surface area contributed by atoms with Crippen LogP contribution in [0.15, 0.2) is 29.2 Å². The van der Waals surface area contributed by atoms with Crippen molar-refractivity contribution < 1.29 is 19.1 Å². The molecule has 1 rings (SSSR count). The summed E-state index contributed by atoms with van der Waals surface area (Å²) >= 11 is 1.38. The summed E-state index contributed by atoms with van der Waals surface area (Å²) in [5.41, 5.74) is -1.11. The van der Waals surface area contributed by atoms with Gasteiger partial charge in [0, 0.05) is 4.90 Å². The monoisotopic (exact) mass is 296 g/mol. The van der Waals surface area contributed by atoms with E-state index in [2.05, 4.69) is 0 Å². The Morgan fingerprint density at radius 1 is 1.30 bits per heavy atom. The minimum Gasteiger partial charge on any atom is -0.497 e. The van der Waals surface area contributed by atoms with Crippen molar-refractivity contribution >= 4 is 23.5 Å². The molecule has 0 bridgehead atoms. The molecule has 0 radical (unpaired) electrons. The van der Waals surface area contributed by atoms with Gasteiger partial charge in [-0.2, -0.15) is 0 Å². The van der Waals surface area contributed by atoms with Crippen LogP contribution in [-0.2, 0) is 14.3 Å². The maximum atomic E-state index is 12.2. The highest BCUT2D eigenvalue weighted by Gasteiger charge is 2.36. The Labute approximate surface area is 123 Å². The van der Waals surface area contributed by atoms with Crippen LogP contribution in [0.4, 0.5) is 0 Å². The Kier molecular flexibility index (Phi) is 6.07. The molecule has 0 saturated carbocycles. The molecule has 4 nitrogen and oxygen atoms in total. The Bertz CT molecular complexity index is 483. The van der Waals surface area contributed by atoms with E-state index in [4.69, 9.17) is 9.47 Å². The number of hydrogen-bond donors (Lipinski definition) is 0. The van der Waals surface area contributed by atoms with Crippen LogP contribution in [0.2, 0.25) is 0 Å². The number of methoxy groups -OCH3 is 1. The van der Waals surface area contributed by atoms with E-state index in [9.17, 15) is 9.59 Å². The lowest BCUT2D eigenvalue weighted by atomic mass is 9.89. The highest BCUT2D eigenvalue weighted by atomic mass is 32.2. The molecular weight excluding hydrogens is 276 g/mol. The van der Waals surface area contributed by atoms with Crippen LogP contribution in [0.3, 0.4) is 0 Å². The highest BCUT2D eigenvalue weighted by Crippen LogP contribution is 2.27. The normalized spacial score (nSPS) is 11.0. The fourth-order valence-electron chi connectivity index (χ4n) is 1.45. The molecule has 0 unspecified atom stereocenters. The third-order valence-corrected chi connectivity index (χ3v) is 3.89. The van der Waals surface area contributed by atoms with E-state index in [0.717, 1.165) is 10.6 Å². The van der Waals surface area contributed by atoms with Crippen molar-refractivity contribution in [1.82, 2.24) is 0 Å². The summed E-state index contributed by atoms with van der Waals surface area (Å²) in [4.78, 5) is 24.8. The summed E-state index contributed by atoms with van der Waals surface area (Å²) in [6.45, 7) is 5.20. The topological polar surface area (TPSA) is 52.6 Å². The molecule has 0 aliphatic rings. The zero-order valence-electron chi connectivity index (χ0n) is 12.3. The number of ketones is 1. The van der Waals surface area contributed by atoms with Gasteiger partial charge >= 0.3 is 5.97 Å². The SMILES string of the molecule is CCOC(=O)C(C)(C)C(=O)CSc1cccc(OC)c1. The highest BCUT2D eigenvalue weighted by molar-refractivity contribution is 8.00. The molecule has 0 saturated heterocycles. The van der Waals surface area contributed by atoms with Crippen molar-refractivity contribution in [1.29, 1.82) is 0 Å². The number of carbonyl (C=O) groups excluding carboxylic acids is 2. The number of esters is 1. The predicted octanol–water partition coefficient (Wildman–Crippen LogP) is 2.95. The quantitative estimate of drug-likeness (QED) is 0.440. The van der Waals surface area contributed by atoms with Gasteiger partial charge in [0.25, 0.3) is 0 Å². The van der Waals surface area contributed by atoms with Gasteiger partial charge in [-0.15, -0.1) is 11.8 Å². The molecule has 1 aromatic carbocycles. The lowest BCUT2D eigenvalue weighted by Crippen LogP contribution is -2.36. The van der Waals surface area contributed by atoms with Gasteiger partial charge in [-0.1, -0.05) is 6.07 Å². The van der Waals surface area contributed by atoms with Gasteiger partial charge in [0.05, 0.1) is 19.5 Å². The van der Waals surface area contributed by atoms with E-state index in [1.165, 1.54) is 11.8 Å². The molecule has 0 aliphatic carbocycles. The second-order valence-electron chi connectivity index (χ2n) is 4.74. The van der Waals surface area contributed by atoms with Gasteiger partial charge in [-0.3, -0.25) is 9.59 Å². The maximum Gasteiger partial charge on any atom is 0.319 e. The lowest BCUT2D eigenvalue weighted by Gasteiger charge is -2.20. The molecule has 5 heteroatoms. The molecule has 0 N–H and O–H groups in total. The second kappa shape index (κ2) is 7.33. The van der Waals surface area contributed by atoms with Crippen LogP contribution < -0.4 is 4.74 Å². The number of carbonyl (C=O) groups is 2. The van der Waals surface area contributed by atoms with Gasteiger partial charge in [0.1, 0.15) is 11.2 Å². The summed E-state index contributed by atoms with van der Waals surface area (Å²) in [7, 11) is 1.60. The summed E-state index contributed by atoms with van der Waals surface area (Å²) in [5.74, 6) is 0.339. The van der Waals surface area contributed by atoms with Crippen LogP contribution in [-0.4, -0.2) is 31.2 Å². The first-order chi connectivity index (χ1) is 9.41. The average molecular weight is 296 g/mol. The number of thioether (sulfide) groups is 1. The minimum atomic E-state index is -1.11. The summed E-state index contributed by atoms with van der Waals surface area (Å²) in [6.07, 6.45) is 0. The molecule has 0 atom stereocenters. The average Bonchev–Trinajstić information content (AvgIpc) is 2.45. The largest absolute Gasteiger partial charge is 0.497 e. The summed E-state index contributed by atoms with van der Waals surface area (Å²) < 4.78 is 10.1. The Balaban J connectivity index is 2.64. The zero-order valence-corrected chi connectivity index (χ0v) is 13.1. The number of Topliss-reactive ketones (excluding diaryl/α,β-unsaturated/α-hetero) is 1. The van der Waals surface area contributed by atoms with Crippen LogP contribution in [0, 0.1) is 5.41 Å². The van der Waals surface area contributed by atoms with E-state index in [1.807, 2.05) is 24.3 Å². The van der Waals surface area contributed by atoms with Crippen molar-refractivity contribution in [2.45, 2.75) is 25.7 Å². The molecule has 1 aromatic rings. The lowest BCUT2D eigenvalue weighted by molar-refractivity contribution is -0.157. The van der Waals surface area contributed by atoms with E-state index >= 15 is 0 Å². The number of ether oxygens (including phenoxy) is 2. The van der Waals surface area contributed by atoms with Crippen molar-refractivity contribution in [3.8, 4) is 5.75 Å². The van der Waals surface area contributed by atoms with E-state index < -0.39 is 11.4 Å². The molecule has 0 fully saturated rings. The maximum absolute atomic E-state index is 12.2.